The second-order valence-electron chi connectivity index (χ2n) is 3.51. The summed E-state index contributed by atoms with van der Waals surface area (Å²) in [6, 6.07) is 7.49. The van der Waals surface area contributed by atoms with Gasteiger partial charge in [0.1, 0.15) is 17.5 Å². The Kier molecular flexibility index (Phi) is 6.31. The van der Waals surface area contributed by atoms with Crippen LogP contribution in [0.25, 0.3) is 0 Å². The lowest BCUT2D eigenvalue weighted by atomic mass is 9.89. The van der Waals surface area contributed by atoms with Crippen LogP contribution in [0.1, 0.15) is 44.7 Å². The van der Waals surface area contributed by atoms with E-state index in [2.05, 4.69) is 0 Å². The van der Waals surface area contributed by atoms with Gasteiger partial charge in [-0.15, -0.1) is 0 Å². The molecule has 1 aromatic rings. The molecule has 0 aliphatic rings. The minimum absolute atomic E-state index is 0.0909. The number of ketones is 2. The maximum absolute atomic E-state index is 11.3. The molecule has 0 radical (unpaired) electrons. The number of carbonyl (C=O) groups excluding carboxylic acids is 2. The minimum atomic E-state index is -0.587. The second kappa shape index (κ2) is 6.94. The molecule has 2 nitrogen and oxygen atoms in total. The van der Waals surface area contributed by atoms with E-state index in [0.29, 0.717) is 0 Å². The van der Waals surface area contributed by atoms with Gasteiger partial charge in [0.15, 0.2) is 0 Å². The van der Waals surface area contributed by atoms with Crippen LogP contribution < -0.4 is 0 Å². The quantitative estimate of drug-likeness (QED) is 0.732. The van der Waals surface area contributed by atoms with Crippen molar-refractivity contribution < 1.29 is 9.59 Å². The Morgan fingerprint density at radius 2 is 1.44 bits per heavy atom. The fourth-order valence-electron chi connectivity index (χ4n) is 1.63. The van der Waals surface area contributed by atoms with Gasteiger partial charge in [-0.2, -0.15) is 0 Å². The molecular formula is C14H20O2. The first kappa shape index (κ1) is 14.6. The van der Waals surface area contributed by atoms with Crippen LogP contribution in [0.4, 0.5) is 0 Å². The van der Waals surface area contributed by atoms with Crippen molar-refractivity contribution in [3.8, 4) is 0 Å². The van der Waals surface area contributed by atoms with Crippen molar-refractivity contribution in [3.63, 3.8) is 0 Å². The number of rotatable bonds is 3. The summed E-state index contributed by atoms with van der Waals surface area (Å²) in [6.07, 6.45) is 0. The first-order valence-electron chi connectivity index (χ1n) is 5.60. The summed E-state index contributed by atoms with van der Waals surface area (Å²) < 4.78 is 0. The molecule has 0 fully saturated rings. The van der Waals surface area contributed by atoms with Gasteiger partial charge in [-0.05, 0) is 31.9 Å². The average molecular weight is 220 g/mol. The number of Topliss-reactive ketones (excluding diaryl/α,β-unsaturated/α-hetero) is 2. The van der Waals surface area contributed by atoms with E-state index in [0.717, 1.165) is 11.1 Å². The van der Waals surface area contributed by atoms with E-state index in [1.807, 2.05) is 45.0 Å². The van der Waals surface area contributed by atoms with E-state index in [-0.39, 0.29) is 11.6 Å². The van der Waals surface area contributed by atoms with Crippen LogP contribution in [0.3, 0.4) is 0 Å². The largest absolute Gasteiger partial charge is 0.299 e. The molecule has 1 rings (SSSR count). The van der Waals surface area contributed by atoms with E-state index < -0.39 is 5.92 Å². The second-order valence-corrected chi connectivity index (χ2v) is 3.51. The van der Waals surface area contributed by atoms with Gasteiger partial charge in [-0.3, -0.25) is 9.59 Å². The molecule has 2 heteroatoms. The number of benzene rings is 1. The fraction of sp³-hybridized carbons (Fsp3) is 0.429. The van der Waals surface area contributed by atoms with Crippen molar-refractivity contribution in [2.75, 3.05) is 0 Å². The molecule has 0 spiro atoms. The Bertz CT molecular complexity index is 353. The highest BCUT2D eigenvalue weighted by Gasteiger charge is 2.22. The topological polar surface area (TPSA) is 34.1 Å². The van der Waals surface area contributed by atoms with Gasteiger partial charge in [0.05, 0.1) is 0 Å². The van der Waals surface area contributed by atoms with Crippen LogP contribution in [0.2, 0.25) is 0 Å². The Morgan fingerprint density at radius 1 is 1.00 bits per heavy atom. The predicted octanol–water partition coefficient (Wildman–Crippen LogP) is 3.28. The molecule has 0 aliphatic carbocycles. The molecule has 0 atom stereocenters. The molecule has 0 heterocycles. The number of aryl methyl sites for hydroxylation is 1. The van der Waals surface area contributed by atoms with E-state index in [1.165, 1.54) is 13.8 Å². The number of carbonyl (C=O) groups is 2. The lowest BCUT2D eigenvalue weighted by Crippen LogP contribution is -2.17. The average Bonchev–Trinajstić information content (AvgIpc) is 2.23. The lowest BCUT2D eigenvalue weighted by Gasteiger charge is -2.12. The first-order chi connectivity index (χ1) is 7.54. The fourth-order valence-corrected chi connectivity index (χ4v) is 1.63. The van der Waals surface area contributed by atoms with Crippen molar-refractivity contribution in [1.29, 1.82) is 0 Å². The van der Waals surface area contributed by atoms with Gasteiger partial charge < -0.3 is 0 Å². The first-order valence-corrected chi connectivity index (χ1v) is 5.60. The zero-order valence-corrected chi connectivity index (χ0v) is 10.7. The molecule has 0 unspecified atom stereocenters. The van der Waals surface area contributed by atoms with E-state index >= 15 is 0 Å². The van der Waals surface area contributed by atoms with Crippen molar-refractivity contribution in [2.45, 2.75) is 40.5 Å². The zero-order valence-electron chi connectivity index (χ0n) is 10.7. The Hall–Kier alpha value is -1.44. The maximum atomic E-state index is 11.3. The third kappa shape index (κ3) is 3.61. The van der Waals surface area contributed by atoms with Crippen molar-refractivity contribution in [3.05, 3.63) is 35.4 Å². The summed E-state index contributed by atoms with van der Waals surface area (Å²) in [5, 5.41) is 0. The standard InChI is InChI=1S/C12H14O2.C2H6/c1-8-6-4-5-7-11(8)12(9(2)13)10(3)14;1-2/h4-7,12H,1-3H3;1-2H3. The van der Waals surface area contributed by atoms with Gasteiger partial charge in [0.2, 0.25) is 0 Å². The van der Waals surface area contributed by atoms with Crippen LogP contribution in [-0.4, -0.2) is 11.6 Å². The summed E-state index contributed by atoms with van der Waals surface area (Å²) in [7, 11) is 0. The van der Waals surface area contributed by atoms with Crippen LogP contribution in [0, 0.1) is 6.92 Å². The summed E-state index contributed by atoms with van der Waals surface area (Å²) in [4.78, 5) is 22.6. The zero-order chi connectivity index (χ0) is 12.7. The highest BCUT2D eigenvalue weighted by atomic mass is 16.1. The molecule has 16 heavy (non-hydrogen) atoms. The molecule has 0 N–H and O–H groups in total. The monoisotopic (exact) mass is 220 g/mol. The molecule has 0 saturated carbocycles. The highest BCUT2D eigenvalue weighted by Crippen LogP contribution is 2.21. The number of hydrogen-bond donors (Lipinski definition) is 0. The molecule has 0 aromatic heterocycles. The molecule has 88 valence electrons. The van der Waals surface area contributed by atoms with Crippen molar-refractivity contribution in [2.24, 2.45) is 0 Å². The Balaban J connectivity index is 0.00000106. The highest BCUT2D eigenvalue weighted by molar-refractivity contribution is 6.05. The van der Waals surface area contributed by atoms with Gasteiger partial charge >= 0.3 is 0 Å². The van der Waals surface area contributed by atoms with Gasteiger partial charge in [0.25, 0.3) is 0 Å². The molecule has 0 saturated heterocycles. The molecule has 0 aliphatic heterocycles. The predicted molar refractivity (Wildman–Crippen MR) is 66.6 cm³/mol. The van der Waals surface area contributed by atoms with Gasteiger partial charge in [0, 0.05) is 0 Å². The van der Waals surface area contributed by atoms with Crippen molar-refractivity contribution in [1.82, 2.24) is 0 Å². The lowest BCUT2D eigenvalue weighted by molar-refractivity contribution is -0.126. The summed E-state index contributed by atoms with van der Waals surface area (Å²) in [6.45, 7) is 8.82. The van der Waals surface area contributed by atoms with Crippen LogP contribution in [-0.2, 0) is 9.59 Å². The van der Waals surface area contributed by atoms with Crippen molar-refractivity contribution >= 4 is 11.6 Å². The van der Waals surface area contributed by atoms with Gasteiger partial charge in [-0.1, -0.05) is 38.1 Å². The SMILES string of the molecule is CC.CC(=O)C(C(C)=O)c1ccccc1C. The Morgan fingerprint density at radius 3 is 1.81 bits per heavy atom. The summed E-state index contributed by atoms with van der Waals surface area (Å²) >= 11 is 0. The van der Waals surface area contributed by atoms with Gasteiger partial charge in [-0.25, -0.2) is 0 Å². The molecule has 1 aromatic carbocycles. The van der Waals surface area contributed by atoms with E-state index in [1.54, 1.807) is 0 Å². The van der Waals surface area contributed by atoms with E-state index in [4.69, 9.17) is 0 Å². The Labute approximate surface area is 97.7 Å². The normalized spacial score (nSPS) is 9.38. The molecular weight excluding hydrogens is 200 g/mol. The third-order valence-electron chi connectivity index (χ3n) is 2.31. The molecule has 0 bridgehead atoms. The maximum Gasteiger partial charge on any atom is 0.144 e. The minimum Gasteiger partial charge on any atom is -0.299 e. The number of hydrogen-bond acceptors (Lipinski definition) is 2. The smallest absolute Gasteiger partial charge is 0.144 e. The van der Waals surface area contributed by atoms with E-state index in [9.17, 15) is 9.59 Å². The molecule has 0 amide bonds. The van der Waals surface area contributed by atoms with Crippen LogP contribution in [0.15, 0.2) is 24.3 Å². The summed E-state index contributed by atoms with van der Waals surface area (Å²) in [5.41, 5.74) is 1.82. The third-order valence-corrected chi connectivity index (χ3v) is 2.31. The summed E-state index contributed by atoms with van der Waals surface area (Å²) in [5.74, 6) is -0.769. The van der Waals surface area contributed by atoms with Crippen LogP contribution in [0.5, 0.6) is 0 Å². The van der Waals surface area contributed by atoms with Crippen LogP contribution >= 0.6 is 0 Å².